The van der Waals surface area contributed by atoms with E-state index in [1.54, 1.807) is 12.3 Å². The molecule has 0 spiro atoms. The van der Waals surface area contributed by atoms with Crippen LogP contribution in [0.25, 0.3) is 0 Å². The molecule has 1 aromatic heterocycles. The van der Waals surface area contributed by atoms with Crippen LogP contribution in [0, 0.1) is 5.82 Å². The summed E-state index contributed by atoms with van der Waals surface area (Å²) in [5.41, 5.74) is 3.09. The van der Waals surface area contributed by atoms with Crippen molar-refractivity contribution in [3.8, 4) is 0 Å². The van der Waals surface area contributed by atoms with Crippen LogP contribution in [-0.2, 0) is 13.6 Å². The van der Waals surface area contributed by atoms with Gasteiger partial charge in [-0.25, -0.2) is 4.39 Å². The predicted molar refractivity (Wildman–Crippen MR) is 92.3 cm³/mol. The van der Waals surface area contributed by atoms with Crippen LogP contribution in [0.15, 0.2) is 30.5 Å². The lowest BCUT2D eigenvalue weighted by molar-refractivity contribution is 0.145. The third-order valence-electron chi connectivity index (χ3n) is 4.77. The average Bonchev–Trinajstić information content (AvgIpc) is 2.98. The number of rotatable bonds is 5. The summed E-state index contributed by atoms with van der Waals surface area (Å²) < 4.78 is 15.6. The van der Waals surface area contributed by atoms with E-state index >= 15 is 0 Å². The fourth-order valence-corrected chi connectivity index (χ4v) is 3.21. The van der Waals surface area contributed by atoms with Crippen LogP contribution in [-0.4, -0.2) is 34.1 Å². The first kappa shape index (κ1) is 16.9. The molecule has 0 radical (unpaired) electrons. The molecule has 1 unspecified atom stereocenters. The number of benzene rings is 1. The molecule has 5 nitrogen and oxygen atoms in total. The molecule has 0 bridgehead atoms. The molecule has 130 valence electrons. The van der Waals surface area contributed by atoms with E-state index in [1.807, 2.05) is 30.8 Å². The van der Waals surface area contributed by atoms with E-state index < -0.39 is 0 Å². The maximum Gasteiger partial charge on any atom is 0.123 e. The number of piperidine rings is 1. The van der Waals surface area contributed by atoms with Gasteiger partial charge in [0.1, 0.15) is 5.82 Å². The SMILES string of the molecule is CC(NCc1ccnn1C)c1cc(F)ccc1N1CCC(O)CC1. The summed E-state index contributed by atoms with van der Waals surface area (Å²) in [6.45, 7) is 4.32. The number of halogens is 1. The molecule has 1 fully saturated rings. The van der Waals surface area contributed by atoms with Gasteiger partial charge >= 0.3 is 0 Å². The third-order valence-corrected chi connectivity index (χ3v) is 4.77. The Morgan fingerprint density at radius 3 is 2.75 bits per heavy atom. The molecule has 2 N–H and O–H groups in total. The summed E-state index contributed by atoms with van der Waals surface area (Å²) in [7, 11) is 1.91. The highest BCUT2D eigenvalue weighted by molar-refractivity contribution is 5.55. The van der Waals surface area contributed by atoms with Crippen molar-refractivity contribution < 1.29 is 9.50 Å². The van der Waals surface area contributed by atoms with Crippen molar-refractivity contribution in [1.29, 1.82) is 0 Å². The number of nitrogens with zero attached hydrogens (tertiary/aromatic N) is 3. The summed E-state index contributed by atoms with van der Waals surface area (Å²) in [4.78, 5) is 2.24. The first-order chi connectivity index (χ1) is 11.5. The van der Waals surface area contributed by atoms with Gasteiger partial charge in [0.2, 0.25) is 0 Å². The number of aliphatic hydroxyl groups excluding tert-OH is 1. The lowest BCUT2D eigenvalue weighted by atomic mass is 10.0. The number of anilines is 1. The van der Waals surface area contributed by atoms with E-state index in [2.05, 4.69) is 15.3 Å². The van der Waals surface area contributed by atoms with Crippen molar-refractivity contribution in [2.45, 2.75) is 38.5 Å². The van der Waals surface area contributed by atoms with Gasteiger partial charge in [0.05, 0.1) is 11.8 Å². The number of aliphatic hydroxyl groups is 1. The van der Waals surface area contributed by atoms with Gasteiger partial charge in [-0.05, 0) is 49.6 Å². The van der Waals surface area contributed by atoms with Crippen LogP contribution in [0.3, 0.4) is 0 Å². The first-order valence-electron chi connectivity index (χ1n) is 8.47. The van der Waals surface area contributed by atoms with Gasteiger partial charge in [-0.3, -0.25) is 4.68 Å². The standard InChI is InChI=1S/C18H25FN4O/c1-13(20-12-15-5-8-21-22(15)2)17-11-14(19)3-4-18(17)23-9-6-16(24)7-10-23/h3-5,8,11,13,16,20,24H,6-7,9-10,12H2,1-2H3. The van der Waals surface area contributed by atoms with Crippen molar-refractivity contribution >= 4 is 5.69 Å². The minimum atomic E-state index is -0.222. The van der Waals surface area contributed by atoms with Gasteiger partial charge in [-0.15, -0.1) is 0 Å². The highest BCUT2D eigenvalue weighted by Gasteiger charge is 2.21. The molecule has 2 aromatic rings. The van der Waals surface area contributed by atoms with Crippen LogP contribution in [0.2, 0.25) is 0 Å². The van der Waals surface area contributed by atoms with Crippen molar-refractivity contribution in [2.24, 2.45) is 7.05 Å². The Bertz CT molecular complexity index is 679. The second-order valence-electron chi connectivity index (χ2n) is 6.47. The Balaban J connectivity index is 1.75. The molecule has 1 aromatic carbocycles. The number of aryl methyl sites for hydroxylation is 1. The quantitative estimate of drug-likeness (QED) is 0.883. The normalized spacial score (nSPS) is 17.2. The number of hydrogen-bond acceptors (Lipinski definition) is 4. The molecule has 0 saturated carbocycles. The van der Waals surface area contributed by atoms with E-state index in [-0.39, 0.29) is 18.0 Å². The van der Waals surface area contributed by atoms with Gasteiger partial charge in [0, 0.05) is 44.6 Å². The van der Waals surface area contributed by atoms with Gasteiger partial charge in [0.15, 0.2) is 0 Å². The molecule has 24 heavy (non-hydrogen) atoms. The summed E-state index contributed by atoms with van der Waals surface area (Å²) in [5, 5.41) is 17.3. The second-order valence-corrected chi connectivity index (χ2v) is 6.47. The topological polar surface area (TPSA) is 53.3 Å². The van der Waals surface area contributed by atoms with E-state index in [9.17, 15) is 9.50 Å². The van der Waals surface area contributed by atoms with E-state index in [0.29, 0.717) is 6.54 Å². The summed E-state index contributed by atoms with van der Waals surface area (Å²) in [6.07, 6.45) is 3.07. The van der Waals surface area contributed by atoms with Crippen molar-refractivity contribution in [3.63, 3.8) is 0 Å². The zero-order valence-corrected chi connectivity index (χ0v) is 14.2. The molecule has 1 atom stereocenters. The zero-order valence-electron chi connectivity index (χ0n) is 14.2. The van der Waals surface area contributed by atoms with Gasteiger partial charge < -0.3 is 15.3 Å². The van der Waals surface area contributed by atoms with Crippen molar-refractivity contribution in [3.05, 3.63) is 47.5 Å². The van der Waals surface area contributed by atoms with Crippen LogP contribution in [0.4, 0.5) is 10.1 Å². The fourth-order valence-electron chi connectivity index (χ4n) is 3.21. The number of hydrogen-bond donors (Lipinski definition) is 2. The average molecular weight is 332 g/mol. The summed E-state index contributed by atoms with van der Waals surface area (Å²) in [5.74, 6) is -0.222. The first-order valence-corrected chi connectivity index (χ1v) is 8.47. The Labute approximate surface area is 142 Å². The van der Waals surface area contributed by atoms with Crippen molar-refractivity contribution in [1.82, 2.24) is 15.1 Å². The van der Waals surface area contributed by atoms with Crippen LogP contribution in [0.1, 0.15) is 37.1 Å². The highest BCUT2D eigenvalue weighted by Crippen LogP contribution is 2.29. The van der Waals surface area contributed by atoms with Gasteiger partial charge in [-0.1, -0.05) is 0 Å². The van der Waals surface area contributed by atoms with E-state index in [0.717, 1.165) is 42.9 Å². The lowest BCUT2D eigenvalue weighted by Crippen LogP contribution is -2.37. The molecule has 0 aliphatic carbocycles. The maximum absolute atomic E-state index is 13.8. The van der Waals surface area contributed by atoms with Crippen molar-refractivity contribution in [2.75, 3.05) is 18.0 Å². The minimum Gasteiger partial charge on any atom is -0.393 e. The maximum atomic E-state index is 13.8. The molecule has 1 saturated heterocycles. The molecule has 0 amide bonds. The van der Waals surface area contributed by atoms with E-state index in [4.69, 9.17) is 0 Å². The zero-order chi connectivity index (χ0) is 17.1. The minimum absolute atomic E-state index is 0.0115. The second kappa shape index (κ2) is 7.32. The number of aromatic nitrogens is 2. The molecule has 6 heteroatoms. The smallest absolute Gasteiger partial charge is 0.123 e. The summed E-state index contributed by atoms with van der Waals surface area (Å²) >= 11 is 0. The van der Waals surface area contributed by atoms with Crippen LogP contribution < -0.4 is 10.2 Å². The lowest BCUT2D eigenvalue weighted by Gasteiger charge is -2.34. The predicted octanol–water partition coefficient (Wildman–Crippen LogP) is 2.37. The fraction of sp³-hybridized carbons (Fsp3) is 0.500. The summed E-state index contributed by atoms with van der Waals surface area (Å²) in [6, 6.07) is 6.96. The molecule has 2 heterocycles. The monoisotopic (exact) mass is 332 g/mol. The molecule has 1 aliphatic heterocycles. The Morgan fingerprint density at radius 1 is 1.33 bits per heavy atom. The molecular formula is C18H25FN4O. The van der Waals surface area contributed by atoms with Gasteiger partial charge in [0.25, 0.3) is 0 Å². The van der Waals surface area contributed by atoms with E-state index in [1.165, 1.54) is 6.07 Å². The van der Waals surface area contributed by atoms with Crippen LogP contribution in [0.5, 0.6) is 0 Å². The van der Waals surface area contributed by atoms with Crippen LogP contribution >= 0.6 is 0 Å². The van der Waals surface area contributed by atoms with Gasteiger partial charge in [-0.2, -0.15) is 5.10 Å². The Kier molecular flexibility index (Phi) is 5.16. The molecule has 3 rings (SSSR count). The third kappa shape index (κ3) is 3.76. The highest BCUT2D eigenvalue weighted by atomic mass is 19.1. The number of nitrogens with one attached hydrogen (secondary N) is 1. The largest absolute Gasteiger partial charge is 0.393 e. The Hall–Kier alpha value is -1.92. The molecular weight excluding hydrogens is 307 g/mol. The molecule has 1 aliphatic rings. The Morgan fingerprint density at radius 2 is 2.08 bits per heavy atom.